The average molecular weight is 377 g/mol. The van der Waals surface area contributed by atoms with Gasteiger partial charge in [0.05, 0.1) is 17.5 Å². The molecular formula is C20H19N5O3. The maximum atomic E-state index is 12.7. The molecule has 8 nitrogen and oxygen atoms in total. The Morgan fingerprint density at radius 2 is 1.93 bits per heavy atom. The van der Waals surface area contributed by atoms with Crippen molar-refractivity contribution in [3.05, 3.63) is 66.3 Å². The topological polar surface area (TPSA) is 80.0 Å². The van der Waals surface area contributed by atoms with E-state index in [9.17, 15) is 4.79 Å². The zero-order valence-corrected chi connectivity index (χ0v) is 15.2. The van der Waals surface area contributed by atoms with Crippen molar-refractivity contribution in [1.82, 2.24) is 24.6 Å². The van der Waals surface area contributed by atoms with Gasteiger partial charge < -0.3 is 13.8 Å². The fourth-order valence-corrected chi connectivity index (χ4v) is 3.48. The van der Waals surface area contributed by atoms with Crippen LogP contribution in [0.1, 0.15) is 16.2 Å². The van der Waals surface area contributed by atoms with Crippen LogP contribution in [0.3, 0.4) is 0 Å². The average Bonchev–Trinajstić information content (AvgIpc) is 3.47. The molecule has 1 saturated heterocycles. The number of hydrogen-bond donors (Lipinski definition) is 0. The summed E-state index contributed by atoms with van der Waals surface area (Å²) >= 11 is 0. The number of pyridine rings is 1. The van der Waals surface area contributed by atoms with Crippen LogP contribution in [-0.4, -0.2) is 56.7 Å². The van der Waals surface area contributed by atoms with Gasteiger partial charge in [0.1, 0.15) is 0 Å². The first-order valence-electron chi connectivity index (χ1n) is 9.22. The summed E-state index contributed by atoms with van der Waals surface area (Å²) in [7, 11) is 0. The summed E-state index contributed by atoms with van der Waals surface area (Å²) in [5.41, 5.74) is 2.43. The van der Waals surface area contributed by atoms with Gasteiger partial charge in [-0.1, -0.05) is 11.2 Å². The lowest BCUT2D eigenvalue weighted by atomic mass is 10.2. The van der Waals surface area contributed by atoms with Gasteiger partial charge in [-0.15, -0.1) is 0 Å². The molecule has 5 rings (SSSR count). The highest BCUT2D eigenvalue weighted by Crippen LogP contribution is 2.21. The van der Waals surface area contributed by atoms with Crippen LogP contribution in [0.5, 0.6) is 0 Å². The molecule has 0 saturated carbocycles. The summed E-state index contributed by atoms with van der Waals surface area (Å²) in [5.74, 6) is 0.900. The van der Waals surface area contributed by atoms with Crippen LogP contribution in [0.2, 0.25) is 0 Å². The molecule has 28 heavy (non-hydrogen) atoms. The zero-order chi connectivity index (χ0) is 18.9. The Kier molecular flexibility index (Phi) is 4.17. The van der Waals surface area contributed by atoms with E-state index in [0.717, 1.165) is 30.8 Å². The van der Waals surface area contributed by atoms with Crippen LogP contribution in [0.4, 0.5) is 0 Å². The third-order valence-electron chi connectivity index (χ3n) is 4.96. The molecule has 1 aliphatic heterocycles. The number of carbonyl (C=O) groups is 1. The number of hydrogen-bond acceptors (Lipinski definition) is 6. The van der Waals surface area contributed by atoms with Crippen LogP contribution in [0, 0.1) is 0 Å². The molecule has 1 fully saturated rings. The van der Waals surface area contributed by atoms with E-state index in [0.29, 0.717) is 30.3 Å². The highest BCUT2D eigenvalue weighted by atomic mass is 16.5. The van der Waals surface area contributed by atoms with E-state index in [2.05, 4.69) is 21.2 Å². The third-order valence-corrected chi connectivity index (χ3v) is 4.96. The fourth-order valence-electron chi connectivity index (χ4n) is 3.48. The second-order valence-electron chi connectivity index (χ2n) is 6.83. The summed E-state index contributed by atoms with van der Waals surface area (Å²) in [5, 5.41) is 8.50. The van der Waals surface area contributed by atoms with E-state index in [4.69, 9.17) is 8.94 Å². The van der Waals surface area contributed by atoms with E-state index in [1.165, 1.54) is 0 Å². The van der Waals surface area contributed by atoms with Crippen molar-refractivity contribution < 1.29 is 13.7 Å². The smallest absolute Gasteiger partial charge is 0.276 e. The molecule has 0 aromatic carbocycles. The standard InChI is InChI=1S/C20H19N5O3/c26-20(17-13-19(28-22-17)18-5-3-11-27-18)24-9-7-23(8-10-24)14-15-12-16-4-1-2-6-25(16)21-15/h1-6,11-13H,7-10,14H2. The molecular weight excluding hydrogens is 358 g/mol. The van der Waals surface area contributed by atoms with Crippen molar-refractivity contribution in [1.29, 1.82) is 0 Å². The lowest BCUT2D eigenvalue weighted by Gasteiger charge is -2.33. The summed E-state index contributed by atoms with van der Waals surface area (Å²) in [6, 6.07) is 13.3. The molecule has 1 amide bonds. The number of piperazine rings is 1. The Hall–Kier alpha value is -3.39. The van der Waals surface area contributed by atoms with Crippen LogP contribution in [-0.2, 0) is 6.54 Å². The van der Waals surface area contributed by atoms with Gasteiger partial charge in [-0.05, 0) is 30.3 Å². The van der Waals surface area contributed by atoms with Gasteiger partial charge in [0.2, 0.25) is 5.76 Å². The molecule has 5 heterocycles. The Morgan fingerprint density at radius 3 is 2.71 bits per heavy atom. The summed E-state index contributed by atoms with van der Waals surface area (Å²) in [4.78, 5) is 16.8. The molecule has 0 aliphatic carbocycles. The van der Waals surface area contributed by atoms with Crippen LogP contribution >= 0.6 is 0 Å². The van der Waals surface area contributed by atoms with Gasteiger partial charge >= 0.3 is 0 Å². The number of aromatic nitrogens is 3. The molecule has 8 heteroatoms. The Labute approximate surface area is 160 Å². The van der Waals surface area contributed by atoms with Crippen molar-refractivity contribution in [3.63, 3.8) is 0 Å². The maximum absolute atomic E-state index is 12.7. The van der Waals surface area contributed by atoms with E-state index < -0.39 is 0 Å². The molecule has 0 atom stereocenters. The highest BCUT2D eigenvalue weighted by Gasteiger charge is 2.25. The number of fused-ring (bicyclic) bond motifs is 1. The lowest BCUT2D eigenvalue weighted by Crippen LogP contribution is -2.48. The van der Waals surface area contributed by atoms with Gasteiger partial charge in [-0.2, -0.15) is 5.10 Å². The summed E-state index contributed by atoms with van der Waals surface area (Å²) in [6.07, 6.45) is 3.51. The van der Waals surface area contributed by atoms with E-state index in [1.54, 1.807) is 24.5 Å². The molecule has 0 spiro atoms. The Balaban J connectivity index is 1.20. The van der Waals surface area contributed by atoms with Crippen molar-refractivity contribution in [3.8, 4) is 11.5 Å². The SMILES string of the molecule is O=C(c1cc(-c2ccco2)on1)N1CCN(Cc2cc3ccccn3n2)CC1. The minimum atomic E-state index is -0.117. The monoisotopic (exact) mass is 377 g/mol. The summed E-state index contributed by atoms with van der Waals surface area (Å²) in [6.45, 7) is 3.66. The molecule has 0 bridgehead atoms. The van der Waals surface area contributed by atoms with Crippen molar-refractivity contribution >= 4 is 11.4 Å². The number of furan rings is 1. The lowest BCUT2D eigenvalue weighted by molar-refractivity contribution is 0.0617. The zero-order valence-electron chi connectivity index (χ0n) is 15.2. The van der Waals surface area contributed by atoms with Gasteiger partial charge in [-0.3, -0.25) is 9.69 Å². The van der Waals surface area contributed by atoms with Crippen LogP contribution in [0.15, 0.2) is 63.9 Å². The Bertz CT molecular complexity index is 1060. The molecule has 4 aromatic heterocycles. The van der Waals surface area contributed by atoms with Crippen molar-refractivity contribution in [2.45, 2.75) is 6.54 Å². The highest BCUT2D eigenvalue weighted by molar-refractivity contribution is 5.93. The van der Waals surface area contributed by atoms with Crippen LogP contribution < -0.4 is 0 Å². The maximum Gasteiger partial charge on any atom is 0.276 e. The predicted molar refractivity (Wildman–Crippen MR) is 101 cm³/mol. The normalized spacial score (nSPS) is 15.4. The number of rotatable bonds is 4. The van der Waals surface area contributed by atoms with Gasteiger partial charge in [0.15, 0.2) is 11.5 Å². The van der Waals surface area contributed by atoms with Gasteiger partial charge in [0, 0.05) is 45.0 Å². The molecule has 4 aromatic rings. The van der Waals surface area contributed by atoms with Gasteiger partial charge in [0.25, 0.3) is 5.91 Å². The third kappa shape index (κ3) is 3.18. The fraction of sp³-hybridized carbons (Fsp3) is 0.250. The molecule has 0 radical (unpaired) electrons. The van der Waals surface area contributed by atoms with Crippen molar-refractivity contribution in [2.24, 2.45) is 0 Å². The number of amides is 1. The first-order chi connectivity index (χ1) is 13.8. The number of carbonyl (C=O) groups excluding carboxylic acids is 1. The minimum absolute atomic E-state index is 0.117. The first-order valence-corrected chi connectivity index (χ1v) is 9.22. The van der Waals surface area contributed by atoms with Crippen molar-refractivity contribution in [2.75, 3.05) is 26.2 Å². The minimum Gasteiger partial charge on any atom is -0.461 e. The van der Waals surface area contributed by atoms with E-state index in [1.807, 2.05) is 33.8 Å². The molecule has 0 unspecified atom stereocenters. The molecule has 0 N–H and O–H groups in total. The quantitative estimate of drug-likeness (QED) is 0.544. The Morgan fingerprint density at radius 1 is 1.04 bits per heavy atom. The first kappa shape index (κ1) is 16.8. The predicted octanol–water partition coefficient (Wildman–Crippen LogP) is 2.54. The molecule has 1 aliphatic rings. The molecule has 142 valence electrons. The second-order valence-corrected chi connectivity index (χ2v) is 6.83. The van der Waals surface area contributed by atoms with E-state index in [-0.39, 0.29) is 5.91 Å². The van der Waals surface area contributed by atoms with Gasteiger partial charge in [-0.25, -0.2) is 4.52 Å². The number of nitrogens with zero attached hydrogens (tertiary/aromatic N) is 5. The second kappa shape index (κ2) is 6.97. The van der Waals surface area contributed by atoms with Crippen LogP contribution in [0.25, 0.3) is 17.0 Å². The largest absolute Gasteiger partial charge is 0.461 e. The van der Waals surface area contributed by atoms with E-state index >= 15 is 0 Å². The summed E-state index contributed by atoms with van der Waals surface area (Å²) < 4.78 is 12.4.